The molecule has 2 aromatic rings. The highest BCUT2D eigenvalue weighted by Crippen LogP contribution is 2.40. The Morgan fingerprint density at radius 3 is 2.17 bits per heavy atom. The van der Waals surface area contributed by atoms with E-state index in [1.807, 2.05) is 38.1 Å². The van der Waals surface area contributed by atoms with Gasteiger partial charge in [-0.2, -0.15) is 0 Å². The summed E-state index contributed by atoms with van der Waals surface area (Å²) in [5.41, 5.74) is 3.67. The zero-order valence-electron chi connectivity index (χ0n) is 17.6. The predicted molar refractivity (Wildman–Crippen MR) is 120 cm³/mol. The van der Waals surface area contributed by atoms with E-state index in [1.165, 1.54) is 0 Å². The lowest BCUT2D eigenvalue weighted by Gasteiger charge is -2.31. The van der Waals surface area contributed by atoms with Crippen LogP contribution in [-0.2, 0) is 4.79 Å². The van der Waals surface area contributed by atoms with Crippen LogP contribution in [0.4, 0.5) is 5.69 Å². The molecule has 1 aliphatic rings. The van der Waals surface area contributed by atoms with Gasteiger partial charge in [-0.1, -0.05) is 17.7 Å². The summed E-state index contributed by atoms with van der Waals surface area (Å²) in [5.74, 6) is 1.35. The van der Waals surface area contributed by atoms with Crippen molar-refractivity contribution < 1.29 is 19.0 Å². The van der Waals surface area contributed by atoms with Gasteiger partial charge in [0.1, 0.15) is 5.75 Å². The van der Waals surface area contributed by atoms with E-state index in [0.29, 0.717) is 44.9 Å². The van der Waals surface area contributed by atoms with Crippen molar-refractivity contribution >= 4 is 28.9 Å². The Morgan fingerprint density at radius 2 is 1.57 bits per heavy atom. The summed E-state index contributed by atoms with van der Waals surface area (Å²) in [7, 11) is 4.67. The number of nitrogens with one attached hydrogen (secondary N) is 3. The number of carbonyl (C=O) groups is 1. The standard InChI is InChI=1S/C22H25N3O4S/c1-12-6-8-14(9-7-12)24-21(26)19-13(2)23-22(30)25-20(19)15-10-17(28-4)18(29-5)11-16(15)27-3/h6-11,20H,1-5H3,(H,24,26)(H2,23,25,30)/t20-/m0/s1. The van der Waals surface area contributed by atoms with E-state index in [1.54, 1.807) is 33.5 Å². The highest BCUT2D eigenvalue weighted by molar-refractivity contribution is 7.80. The molecule has 1 amide bonds. The molecular weight excluding hydrogens is 402 g/mol. The summed E-state index contributed by atoms with van der Waals surface area (Å²) in [6, 6.07) is 10.6. The Labute approximate surface area is 181 Å². The molecule has 1 aliphatic heterocycles. The van der Waals surface area contributed by atoms with Gasteiger partial charge in [-0.05, 0) is 44.3 Å². The first-order valence-corrected chi connectivity index (χ1v) is 9.75. The highest BCUT2D eigenvalue weighted by atomic mass is 32.1. The van der Waals surface area contributed by atoms with Crippen LogP contribution in [0, 0.1) is 6.92 Å². The van der Waals surface area contributed by atoms with Crippen LogP contribution in [0.3, 0.4) is 0 Å². The smallest absolute Gasteiger partial charge is 0.255 e. The summed E-state index contributed by atoms with van der Waals surface area (Å²) >= 11 is 5.35. The molecule has 1 atom stereocenters. The van der Waals surface area contributed by atoms with Crippen LogP contribution in [-0.4, -0.2) is 32.3 Å². The molecule has 0 unspecified atom stereocenters. The fourth-order valence-corrected chi connectivity index (χ4v) is 3.61. The van der Waals surface area contributed by atoms with E-state index in [2.05, 4.69) is 16.0 Å². The third-order valence-electron chi connectivity index (χ3n) is 4.87. The molecule has 0 aromatic heterocycles. The van der Waals surface area contributed by atoms with Gasteiger partial charge in [-0.25, -0.2) is 0 Å². The lowest BCUT2D eigenvalue weighted by atomic mass is 9.93. The minimum atomic E-state index is -0.543. The quantitative estimate of drug-likeness (QED) is 0.609. The van der Waals surface area contributed by atoms with Gasteiger partial charge in [0.15, 0.2) is 16.6 Å². The van der Waals surface area contributed by atoms with E-state index in [4.69, 9.17) is 26.4 Å². The van der Waals surface area contributed by atoms with Gasteiger partial charge in [-0.15, -0.1) is 0 Å². The zero-order valence-corrected chi connectivity index (χ0v) is 18.4. The molecule has 7 nitrogen and oxygen atoms in total. The van der Waals surface area contributed by atoms with Gasteiger partial charge in [-0.3, -0.25) is 4.79 Å². The molecular formula is C22H25N3O4S. The number of hydrogen-bond acceptors (Lipinski definition) is 5. The van der Waals surface area contributed by atoms with Crippen molar-refractivity contribution in [2.75, 3.05) is 26.6 Å². The third-order valence-corrected chi connectivity index (χ3v) is 5.09. The van der Waals surface area contributed by atoms with Crippen molar-refractivity contribution in [3.63, 3.8) is 0 Å². The maximum Gasteiger partial charge on any atom is 0.255 e. The minimum Gasteiger partial charge on any atom is -0.496 e. The number of methoxy groups -OCH3 is 3. The fourth-order valence-electron chi connectivity index (χ4n) is 3.34. The predicted octanol–water partition coefficient (Wildman–Crippen LogP) is 3.45. The van der Waals surface area contributed by atoms with Gasteiger partial charge in [0.05, 0.1) is 32.9 Å². The van der Waals surface area contributed by atoms with Crippen molar-refractivity contribution in [3.05, 3.63) is 58.8 Å². The molecule has 3 rings (SSSR count). The Bertz CT molecular complexity index is 1000. The molecule has 2 aromatic carbocycles. The maximum atomic E-state index is 13.2. The zero-order chi connectivity index (χ0) is 21.8. The Kier molecular flexibility index (Phi) is 6.47. The van der Waals surface area contributed by atoms with Gasteiger partial charge < -0.3 is 30.2 Å². The first-order valence-electron chi connectivity index (χ1n) is 9.34. The lowest BCUT2D eigenvalue weighted by molar-refractivity contribution is -0.113. The summed E-state index contributed by atoms with van der Waals surface area (Å²) in [6.07, 6.45) is 0. The number of amides is 1. The number of anilines is 1. The first-order chi connectivity index (χ1) is 14.4. The largest absolute Gasteiger partial charge is 0.496 e. The highest BCUT2D eigenvalue weighted by Gasteiger charge is 2.33. The molecule has 0 radical (unpaired) electrons. The van der Waals surface area contributed by atoms with Crippen LogP contribution in [0.25, 0.3) is 0 Å². The number of allylic oxidation sites excluding steroid dienone is 1. The molecule has 8 heteroatoms. The molecule has 0 bridgehead atoms. The van der Waals surface area contributed by atoms with E-state index < -0.39 is 6.04 Å². The third kappa shape index (κ3) is 4.33. The van der Waals surface area contributed by atoms with Crippen LogP contribution in [0.5, 0.6) is 17.2 Å². The van der Waals surface area contributed by atoms with Crippen molar-refractivity contribution in [2.45, 2.75) is 19.9 Å². The topological polar surface area (TPSA) is 80.9 Å². The van der Waals surface area contributed by atoms with Crippen LogP contribution >= 0.6 is 12.2 Å². The van der Waals surface area contributed by atoms with Crippen molar-refractivity contribution in [1.82, 2.24) is 10.6 Å². The number of carbonyl (C=O) groups excluding carboxylic acids is 1. The second kappa shape index (κ2) is 9.04. The van der Waals surface area contributed by atoms with E-state index in [-0.39, 0.29) is 5.91 Å². The molecule has 0 aliphatic carbocycles. The Balaban J connectivity index is 2.05. The minimum absolute atomic E-state index is 0.249. The number of aryl methyl sites for hydroxylation is 1. The summed E-state index contributed by atoms with van der Waals surface area (Å²) in [4.78, 5) is 13.2. The van der Waals surface area contributed by atoms with Crippen LogP contribution in [0.2, 0.25) is 0 Å². The van der Waals surface area contributed by atoms with Gasteiger partial charge in [0, 0.05) is 23.0 Å². The monoisotopic (exact) mass is 427 g/mol. The Morgan fingerprint density at radius 1 is 0.967 bits per heavy atom. The van der Waals surface area contributed by atoms with Crippen molar-refractivity contribution in [1.29, 1.82) is 0 Å². The van der Waals surface area contributed by atoms with Crippen LogP contribution in [0.15, 0.2) is 47.7 Å². The molecule has 30 heavy (non-hydrogen) atoms. The molecule has 1 heterocycles. The van der Waals surface area contributed by atoms with E-state index in [0.717, 1.165) is 5.56 Å². The van der Waals surface area contributed by atoms with E-state index in [9.17, 15) is 4.79 Å². The van der Waals surface area contributed by atoms with Crippen molar-refractivity contribution in [2.24, 2.45) is 0 Å². The number of benzene rings is 2. The van der Waals surface area contributed by atoms with Crippen LogP contribution in [0.1, 0.15) is 24.1 Å². The number of ether oxygens (including phenoxy) is 3. The molecule has 3 N–H and O–H groups in total. The molecule has 0 spiro atoms. The lowest BCUT2D eigenvalue weighted by Crippen LogP contribution is -2.45. The second-order valence-electron chi connectivity index (χ2n) is 6.84. The summed E-state index contributed by atoms with van der Waals surface area (Å²) in [5, 5.41) is 9.59. The molecule has 0 saturated heterocycles. The summed E-state index contributed by atoms with van der Waals surface area (Å²) in [6.45, 7) is 3.81. The van der Waals surface area contributed by atoms with E-state index >= 15 is 0 Å². The van der Waals surface area contributed by atoms with Gasteiger partial charge in [0.2, 0.25) is 0 Å². The van der Waals surface area contributed by atoms with Crippen LogP contribution < -0.4 is 30.2 Å². The molecule has 158 valence electrons. The second-order valence-corrected chi connectivity index (χ2v) is 7.25. The Hall–Kier alpha value is -3.26. The van der Waals surface area contributed by atoms with Crippen molar-refractivity contribution in [3.8, 4) is 17.2 Å². The molecule has 0 fully saturated rings. The van der Waals surface area contributed by atoms with Gasteiger partial charge >= 0.3 is 0 Å². The summed E-state index contributed by atoms with van der Waals surface area (Å²) < 4.78 is 16.4. The number of thiocarbonyl (C=S) groups is 1. The number of hydrogen-bond donors (Lipinski definition) is 3. The average Bonchev–Trinajstić information content (AvgIpc) is 2.73. The fraction of sp³-hybridized carbons (Fsp3) is 0.273. The average molecular weight is 428 g/mol. The normalized spacial score (nSPS) is 15.8. The number of rotatable bonds is 6. The van der Waals surface area contributed by atoms with Gasteiger partial charge in [0.25, 0.3) is 5.91 Å². The molecule has 0 saturated carbocycles. The maximum absolute atomic E-state index is 13.2. The first kappa shape index (κ1) is 21.4. The SMILES string of the molecule is COc1cc(OC)c([C@@H]2NC(=S)NC(C)=C2C(=O)Nc2ccc(C)cc2)cc1OC.